The molecular weight excluding hydrogens is 971 g/mol. The summed E-state index contributed by atoms with van der Waals surface area (Å²) in [6.45, 7) is 15.8. The Hall–Kier alpha value is -6.65. The topological polar surface area (TPSA) is 43.9 Å². The quantitative estimate of drug-likeness (QED) is 0.123. The van der Waals surface area contributed by atoms with E-state index in [4.69, 9.17) is 9.40 Å². The number of fused-ring (bicyclic) bond motifs is 7. The van der Waals surface area contributed by atoms with Crippen LogP contribution in [-0.4, -0.2) is 14.5 Å². The SMILES string of the molecule is CC(C)(C)c1ccnc(-c2[c-]cccc2)c1.CC(C)c1cc(-c2ccccc2)cc(C(C)C)c1-n1c(-c2[c-]ccc3c2oc2cc4c(ccc5ccccc54)cc23)nc2ccccc21.[Ir]. The van der Waals surface area contributed by atoms with Gasteiger partial charge in [0.15, 0.2) is 0 Å². The molecule has 5 heteroatoms. The molecule has 0 amide bonds. The summed E-state index contributed by atoms with van der Waals surface area (Å²) in [5, 5.41) is 7.02. The summed E-state index contributed by atoms with van der Waals surface area (Å²) < 4.78 is 9.20. The Balaban J connectivity index is 0.000000266. The molecule has 3 heterocycles. The number of furan rings is 1. The summed E-state index contributed by atoms with van der Waals surface area (Å²) in [6.07, 6.45) is 1.87. The van der Waals surface area contributed by atoms with Crippen molar-refractivity contribution in [3.8, 4) is 39.5 Å². The van der Waals surface area contributed by atoms with Crippen molar-refractivity contribution in [1.82, 2.24) is 14.5 Å². The molecule has 0 fully saturated rings. The average Bonchev–Trinajstić information content (AvgIpc) is 3.89. The minimum Gasteiger partial charge on any atom is -0.501 e. The molecule has 0 bridgehead atoms. The van der Waals surface area contributed by atoms with E-state index >= 15 is 0 Å². The van der Waals surface area contributed by atoms with Crippen molar-refractivity contribution >= 4 is 54.5 Å². The van der Waals surface area contributed by atoms with Crippen LogP contribution in [-0.2, 0) is 25.5 Å². The second-order valence-electron chi connectivity index (χ2n) is 18.4. The molecule has 11 aromatic rings. The number of imidazole rings is 1. The number of benzene rings is 8. The Morgan fingerprint density at radius 1 is 0.585 bits per heavy atom. The van der Waals surface area contributed by atoms with Crippen LogP contribution in [0.15, 0.2) is 174 Å². The summed E-state index contributed by atoms with van der Waals surface area (Å²) in [5.41, 5.74) is 14.3. The predicted molar refractivity (Wildman–Crippen MR) is 268 cm³/mol. The zero-order valence-corrected chi connectivity index (χ0v) is 40.3. The molecule has 0 aliphatic carbocycles. The first-order valence-electron chi connectivity index (χ1n) is 22.4. The smallest absolute Gasteiger partial charge is 0.121 e. The maximum Gasteiger partial charge on any atom is 0.121 e. The van der Waals surface area contributed by atoms with E-state index in [-0.39, 0.29) is 37.4 Å². The largest absolute Gasteiger partial charge is 0.501 e. The van der Waals surface area contributed by atoms with E-state index in [1.807, 2.05) is 36.5 Å². The zero-order valence-electron chi connectivity index (χ0n) is 37.9. The molecule has 0 spiro atoms. The molecule has 0 unspecified atom stereocenters. The Labute approximate surface area is 395 Å². The molecule has 0 aliphatic heterocycles. The van der Waals surface area contributed by atoms with Crippen LogP contribution in [0.1, 0.15) is 77.0 Å². The van der Waals surface area contributed by atoms with Gasteiger partial charge in [-0.05, 0) is 115 Å². The molecule has 0 N–H and O–H groups in total. The van der Waals surface area contributed by atoms with E-state index in [0.29, 0.717) is 0 Å². The van der Waals surface area contributed by atoms with Crippen LogP contribution >= 0.6 is 0 Å². The van der Waals surface area contributed by atoms with Gasteiger partial charge in [-0.1, -0.05) is 144 Å². The van der Waals surface area contributed by atoms with E-state index in [0.717, 1.165) is 55.6 Å². The monoisotopic (exact) mass is 1020 g/mol. The van der Waals surface area contributed by atoms with Gasteiger partial charge in [-0.2, -0.15) is 0 Å². The molecule has 323 valence electrons. The molecule has 0 saturated heterocycles. The van der Waals surface area contributed by atoms with Gasteiger partial charge in [-0.15, -0.1) is 54.1 Å². The first-order valence-corrected chi connectivity index (χ1v) is 22.4. The molecule has 65 heavy (non-hydrogen) atoms. The first-order chi connectivity index (χ1) is 31.0. The van der Waals surface area contributed by atoms with Crippen LogP contribution in [0, 0.1) is 12.1 Å². The van der Waals surface area contributed by atoms with Crippen molar-refractivity contribution in [3.63, 3.8) is 0 Å². The third kappa shape index (κ3) is 8.20. The summed E-state index contributed by atoms with van der Waals surface area (Å²) in [7, 11) is 0. The normalized spacial score (nSPS) is 11.8. The van der Waals surface area contributed by atoms with E-state index in [1.165, 1.54) is 55.0 Å². The standard InChI is InChI=1S/C45H35N2O.C15H16N.Ir/c1-27(2)36-24-32(29-13-6-5-7-14-29)25-37(28(3)4)43(36)47-41-20-11-10-19-40(41)46-45(47)35-18-12-17-34-39-23-31-22-21-30-15-8-9-16-33(30)38(31)26-42(39)48-44(34)35;1-15(2,3)13-9-10-16-14(11-13)12-7-5-4-6-8-12;/h5-17,19-28H,1-4H3;4-7,9-11H,1-3H3;/q2*-1;. The first kappa shape index (κ1) is 43.6. The number of pyridine rings is 1. The third-order valence-electron chi connectivity index (χ3n) is 12.4. The van der Waals surface area contributed by atoms with Gasteiger partial charge in [-0.25, -0.2) is 0 Å². The Morgan fingerprint density at radius 2 is 1.29 bits per heavy atom. The number of rotatable bonds is 6. The van der Waals surface area contributed by atoms with Crippen molar-refractivity contribution in [2.75, 3.05) is 0 Å². The fourth-order valence-corrected chi connectivity index (χ4v) is 9.04. The van der Waals surface area contributed by atoms with Crippen molar-refractivity contribution in [2.24, 2.45) is 0 Å². The predicted octanol–water partition coefficient (Wildman–Crippen LogP) is 16.5. The maximum atomic E-state index is 6.83. The van der Waals surface area contributed by atoms with Crippen molar-refractivity contribution < 1.29 is 24.5 Å². The Kier molecular flexibility index (Phi) is 11.9. The molecule has 0 saturated carbocycles. The Morgan fingerprint density at radius 3 is 2.03 bits per heavy atom. The molecule has 8 aromatic carbocycles. The number of hydrogen-bond acceptors (Lipinski definition) is 3. The van der Waals surface area contributed by atoms with Crippen LogP contribution in [0.25, 0.3) is 94.0 Å². The minimum absolute atomic E-state index is 0. The molecule has 4 nitrogen and oxygen atoms in total. The van der Waals surface area contributed by atoms with Crippen molar-refractivity contribution in [2.45, 2.75) is 65.7 Å². The van der Waals surface area contributed by atoms with Gasteiger partial charge in [0.1, 0.15) is 5.58 Å². The minimum atomic E-state index is 0. The molecule has 1 radical (unpaired) electrons. The van der Waals surface area contributed by atoms with E-state index in [1.54, 1.807) is 0 Å². The third-order valence-corrected chi connectivity index (χ3v) is 12.4. The fourth-order valence-electron chi connectivity index (χ4n) is 9.04. The van der Waals surface area contributed by atoms with Gasteiger partial charge < -0.3 is 14.0 Å². The van der Waals surface area contributed by atoms with Gasteiger partial charge >= 0.3 is 0 Å². The molecule has 3 aromatic heterocycles. The number of aromatic nitrogens is 3. The van der Waals surface area contributed by atoms with Gasteiger partial charge in [0.2, 0.25) is 0 Å². The summed E-state index contributed by atoms with van der Waals surface area (Å²) >= 11 is 0. The van der Waals surface area contributed by atoms with Crippen LogP contribution in [0.3, 0.4) is 0 Å². The van der Waals surface area contributed by atoms with Gasteiger partial charge in [-0.3, -0.25) is 4.98 Å². The van der Waals surface area contributed by atoms with Crippen molar-refractivity contribution in [1.29, 1.82) is 0 Å². The Bertz CT molecular complexity index is 3450. The molecule has 0 aliphatic rings. The summed E-state index contributed by atoms with van der Waals surface area (Å²) in [4.78, 5) is 9.72. The maximum absolute atomic E-state index is 6.83. The summed E-state index contributed by atoms with van der Waals surface area (Å²) in [5.74, 6) is 1.40. The number of nitrogens with zero attached hydrogens (tertiary/aromatic N) is 3. The fraction of sp³-hybridized carbons (Fsp3) is 0.167. The second-order valence-corrected chi connectivity index (χ2v) is 18.4. The summed E-state index contributed by atoms with van der Waals surface area (Å²) in [6, 6.07) is 64.4. The molecule has 0 atom stereocenters. The zero-order chi connectivity index (χ0) is 44.1. The van der Waals surface area contributed by atoms with Gasteiger partial charge in [0.05, 0.1) is 22.4 Å². The molecule has 11 rings (SSSR count). The van der Waals surface area contributed by atoms with Gasteiger partial charge in [0.25, 0.3) is 0 Å². The van der Waals surface area contributed by atoms with E-state index in [2.05, 4.69) is 204 Å². The van der Waals surface area contributed by atoms with Gasteiger partial charge in [0, 0.05) is 37.4 Å². The van der Waals surface area contributed by atoms with Crippen molar-refractivity contribution in [3.05, 3.63) is 199 Å². The van der Waals surface area contributed by atoms with Crippen LogP contribution in [0.5, 0.6) is 0 Å². The van der Waals surface area contributed by atoms with E-state index < -0.39 is 0 Å². The average molecular weight is 1020 g/mol. The van der Waals surface area contributed by atoms with E-state index in [9.17, 15) is 0 Å². The number of hydrogen-bond donors (Lipinski definition) is 0. The molecular formula is C60H51IrN3O-2. The second kappa shape index (κ2) is 17.7. The van der Waals surface area contributed by atoms with Crippen LogP contribution in [0.2, 0.25) is 0 Å². The van der Waals surface area contributed by atoms with Crippen LogP contribution < -0.4 is 0 Å². The van der Waals surface area contributed by atoms with Crippen LogP contribution in [0.4, 0.5) is 0 Å². The number of para-hydroxylation sites is 2.